The molecule has 1 aliphatic carbocycles. The molecule has 2 rings (SSSR count). The van der Waals surface area contributed by atoms with Gasteiger partial charge in [0.1, 0.15) is 5.75 Å². The summed E-state index contributed by atoms with van der Waals surface area (Å²) in [5, 5.41) is 4.83. The first-order chi connectivity index (χ1) is 13.4. The fraction of sp³-hybridized carbons (Fsp3) is 0.421. The molecule has 3 amide bonds. The first-order valence-electron chi connectivity index (χ1n) is 8.92. The van der Waals surface area contributed by atoms with Gasteiger partial charge in [-0.3, -0.25) is 10.1 Å². The molecule has 0 aliphatic heterocycles. The van der Waals surface area contributed by atoms with Gasteiger partial charge < -0.3 is 14.8 Å². The lowest BCUT2D eigenvalue weighted by molar-refractivity contribution is -0.143. The summed E-state index contributed by atoms with van der Waals surface area (Å²) < 4.78 is 33.1. The van der Waals surface area contributed by atoms with E-state index >= 15 is 0 Å². The minimum Gasteiger partial charge on any atom is -0.452 e. The average molecular weight is 396 g/mol. The molecular formula is C19H22F2N2O5. The largest absolute Gasteiger partial charge is 0.452 e. The summed E-state index contributed by atoms with van der Waals surface area (Å²) in [6.45, 7) is -3.50. The van der Waals surface area contributed by atoms with Gasteiger partial charge in [0.2, 0.25) is 0 Å². The van der Waals surface area contributed by atoms with E-state index in [1.807, 2.05) is 0 Å². The summed E-state index contributed by atoms with van der Waals surface area (Å²) in [6, 6.07) is 5.07. The number of nitrogens with one attached hydrogen (secondary N) is 2. The van der Waals surface area contributed by atoms with E-state index in [0.29, 0.717) is 5.56 Å². The van der Waals surface area contributed by atoms with Crippen molar-refractivity contribution >= 4 is 24.0 Å². The molecule has 9 heteroatoms. The number of benzene rings is 1. The van der Waals surface area contributed by atoms with Crippen molar-refractivity contribution in [3.63, 3.8) is 0 Å². The third-order valence-electron chi connectivity index (χ3n) is 4.06. The quantitative estimate of drug-likeness (QED) is 0.546. The lowest BCUT2D eigenvalue weighted by Gasteiger charge is -2.22. The molecule has 1 aliphatic rings. The Hall–Kier alpha value is -2.97. The number of hydrogen-bond acceptors (Lipinski definition) is 5. The highest BCUT2D eigenvalue weighted by molar-refractivity contribution is 5.96. The van der Waals surface area contributed by atoms with Gasteiger partial charge in [0, 0.05) is 12.1 Å². The summed E-state index contributed by atoms with van der Waals surface area (Å²) in [4.78, 5) is 35.0. The molecular weight excluding hydrogens is 374 g/mol. The van der Waals surface area contributed by atoms with E-state index in [4.69, 9.17) is 4.74 Å². The van der Waals surface area contributed by atoms with E-state index in [9.17, 15) is 23.2 Å². The zero-order valence-corrected chi connectivity index (χ0v) is 15.2. The van der Waals surface area contributed by atoms with Crippen LogP contribution in [0.5, 0.6) is 5.75 Å². The minimum absolute atomic E-state index is 0.00194. The normalized spacial score (nSPS) is 14.7. The minimum atomic E-state index is -2.91. The van der Waals surface area contributed by atoms with Crippen LogP contribution >= 0.6 is 0 Å². The lowest BCUT2D eigenvalue weighted by Crippen LogP contribution is -2.46. The highest BCUT2D eigenvalue weighted by Crippen LogP contribution is 2.17. The standard InChI is InChI=1S/C19H22F2N2O5/c20-18(21)28-15-9-6-13(7-10-15)8-11-17(25)27-12-16(24)23-19(26)22-14-4-2-1-3-5-14/h6-11,14,18H,1-5,12H2,(H2,22,23,24,26). The van der Waals surface area contributed by atoms with Crippen molar-refractivity contribution in [1.29, 1.82) is 0 Å². The van der Waals surface area contributed by atoms with Crippen LogP contribution in [0.1, 0.15) is 37.7 Å². The molecule has 152 valence electrons. The topological polar surface area (TPSA) is 93.7 Å². The monoisotopic (exact) mass is 396 g/mol. The molecule has 7 nitrogen and oxygen atoms in total. The van der Waals surface area contributed by atoms with Gasteiger partial charge in [0.05, 0.1) is 0 Å². The second-order valence-electron chi connectivity index (χ2n) is 6.25. The zero-order chi connectivity index (χ0) is 20.4. The van der Waals surface area contributed by atoms with Crippen LogP contribution in [-0.4, -0.2) is 37.2 Å². The van der Waals surface area contributed by atoms with E-state index in [1.165, 1.54) is 30.3 Å². The summed E-state index contributed by atoms with van der Waals surface area (Å²) in [5.41, 5.74) is 0.551. The predicted molar refractivity (Wildman–Crippen MR) is 96.6 cm³/mol. The van der Waals surface area contributed by atoms with Crippen LogP contribution in [0.15, 0.2) is 30.3 Å². The Morgan fingerprint density at radius 1 is 1.11 bits per heavy atom. The van der Waals surface area contributed by atoms with Gasteiger partial charge in [-0.25, -0.2) is 9.59 Å². The van der Waals surface area contributed by atoms with Crippen molar-refractivity contribution < 1.29 is 32.6 Å². The molecule has 0 aromatic heterocycles. The highest BCUT2D eigenvalue weighted by Gasteiger charge is 2.17. The van der Waals surface area contributed by atoms with E-state index in [-0.39, 0.29) is 11.8 Å². The number of esters is 1. The maximum atomic E-state index is 12.1. The fourth-order valence-corrected chi connectivity index (χ4v) is 2.74. The first-order valence-corrected chi connectivity index (χ1v) is 8.92. The number of carbonyl (C=O) groups excluding carboxylic acids is 3. The van der Waals surface area contributed by atoms with Gasteiger partial charge in [-0.05, 0) is 36.6 Å². The Labute approximate surface area is 161 Å². The van der Waals surface area contributed by atoms with Crippen LogP contribution in [-0.2, 0) is 14.3 Å². The third-order valence-corrected chi connectivity index (χ3v) is 4.06. The Balaban J connectivity index is 1.68. The molecule has 0 saturated heterocycles. The second kappa shape index (κ2) is 11.0. The Kier molecular flexibility index (Phi) is 8.38. The Morgan fingerprint density at radius 3 is 2.43 bits per heavy atom. The third kappa shape index (κ3) is 8.15. The Morgan fingerprint density at radius 2 is 1.79 bits per heavy atom. The van der Waals surface area contributed by atoms with E-state index in [2.05, 4.69) is 15.4 Å². The number of hydrogen-bond donors (Lipinski definition) is 2. The average Bonchev–Trinajstić information content (AvgIpc) is 2.66. The van der Waals surface area contributed by atoms with Crippen molar-refractivity contribution in [1.82, 2.24) is 10.6 Å². The van der Waals surface area contributed by atoms with Crippen molar-refractivity contribution in [2.24, 2.45) is 0 Å². The molecule has 1 fully saturated rings. The van der Waals surface area contributed by atoms with E-state index in [0.717, 1.165) is 38.2 Å². The summed E-state index contributed by atoms with van der Waals surface area (Å²) in [7, 11) is 0. The van der Waals surface area contributed by atoms with Gasteiger partial charge in [0.15, 0.2) is 6.61 Å². The molecule has 1 aromatic carbocycles. The molecule has 0 bridgehead atoms. The molecule has 28 heavy (non-hydrogen) atoms. The summed E-state index contributed by atoms with van der Waals surface area (Å²) >= 11 is 0. The van der Waals surface area contributed by atoms with Crippen LogP contribution in [0.3, 0.4) is 0 Å². The molecule has 2 N–H and O–H groups in total. The van der Waals surface area contributed by atoms with Gasteiger partial charge in [-0.15, -0.1) is 0 Å². The van der Waals surface area contributed by atoms with Crippen LogP contribution in [0.2, 0.25) is 0 Å². The first kappa shape index (κ1) is 21.3. The van der Waals surface area contributed by atoms with Crippen LogP contribution in [0, 0.1) is 0 Å². The van der Waals surface area contributed by atoms with Gasteiger partial charge in [-0.2, -0.15) is 8.78 Å². The fourth-order valence-electron chi connectivity index (χ4n) is 2.74. The number of alkyl halides is 2. The van der Waals surface area contributed by atoms with Gasteiger partial charge in [-0.1, -0.05) is 31.4 Å². The second-order valence-corrected chi connectivity index (χ2v) is 6.25. The molecule has 0 heterocycles. The van der Waals surface area contributed by atoms with E-state index in [1.54, 1.807) is 0 Å². The van der Waals surface area contributed by atoms with Crippen LogP contribution < -0.4 is 15.4 Å². The SMILES string of the molecule is O=C(COC(=O)C=Cc1ccc(OC(F)F)cc1)NC(=O)NC1CCCCC1. The van der Waals surface area contributed by atoms with Crippen molar-refractivity contribution in [2.75, 3.05) is 6.61 Å². The Bertz CT molecular complexity index is 701. The highest BCUT2D eigenvalue weighted by atomic mass is 19.3. The van der Waals surface area contributed by atoms with Gasteiger partial charge in [0.25, 0.3) is 5.91 Å². The zero-order valence-electron chi connectivity index (χ0n) is 15.2. The number of urea groups is 1. The van der Waals surface area contributed by atoms with Gasteiger partial charge >= 0.3 is 18.6 Å². The molecule has 0 atom stereocenters. The number of rotatable bonds is 7. The van der Waals surface area contributed by atoms with Crippen LogP contribution in [0.25, 0.3) is 6.08 Å². The smallest absolute Gasteiger partial charge is 0.387 e. The molecule has 0 unspecified atom stereocenters. The summed E-state index contributed by atoms with van der Waals surface area (Å²) in [6.07, 6.45) is 7.49. The predicted octanol–water partition coefficient (Wildman–Crippen LogP) is 3.00. The van der Waals surface area contributed by atoms with Crippen molar-refractivity contribution in [3.8, 4) is 5.75 Å². The number of carbonyl (C=O) groups is 3. The lowest BCUT2D eigenvalue weighted by atomic mass is 9.96. The van der Waals surface area contributed by atoms with Crippen molar-refractivity contribution in [3.05, 3.63) is 35.9 Å². The maximum absolute atomic E-state index is 12.1. The molecule has 0 spiro atoms. The molecule has 1 aromatic rings. The van der Waals surface area contributed by atoms with E-state index < -0.39 is 31.1 Å². The molecule has 0 radical (unpaired) electrons. The number of imide groups is 1. The number of ether oxygens (including phenoxy) is 2. The van der Waals surface area contributed by atoms with Crippen LogP contribution in [0.4, 0.5) is 13.6 Å². The molecule has 1 saturated carbocycles. The number of halogens is 2. The summed E-state index contributed by atoms with van der Waals surface area (Å²) in [5.74, 6) is -1.52. The maximum Gasteiger partial charge on any atom is 0.387 e. The van der Waals surface area contributed by atoms with Crippen molar-refractivity contribution in [2.45, 2.75) is 44.8 Å². The number of amides is 3.